The van der Waals surface area contributed by atoms with Gasteiger partial charge in [0.2, 0.25) is 5.75 Å². The van der Waals surface area contributed by atoms with Gasteiger partial charge in [0.15, 0.2) is 0 Å². The summed E-state index contributed by atoms with van der Waals surface area (Å²) in [5.41, 5.74) is 0.864. The van der Waals surface area contributed by atoms with Gasteiger partial charge in [-0.3, -0.25) is 0 Å². The second-order valence-electron chi connectivity index (χ2n) is 6.29. The largest absolute Gasteiger partial charge is 0.497 e. The van der Waals surface area contributed by atoms with Crippen LogP contribution in [0.1, 0.15) is 18.5 Å². The lowest BCUT2D eigenvalue weighted by molar-refractivity contribution is -0.390. The van der Waals surface area contributed by atoms with Crippen LogP contribution in [0.4, 0.5) is 10.6 Å². The molecule has 31 heavy (non-hydrogen) atoms. The van der Waals surface area contributed by atoms with Gasteiger partial charge in [0.25, 0.3) is 0 Å². The molecule has 0 bridgehead atoms. The van der Waals surface area contributed by atoms with Crippen LogP contribution in [0.2, 0.25) is 0 Å². The van der Waals surface area contributed by atoms with Crippen LogP contribution in [0.15, 0.2) is 53.9 Å². The number of hydrogen-bond donors (Lipinski definition) is 2. The van der Waals surface area contributed by atoms with Crippen LogP contribution in [0.25, 0.3) is 0 Å². The second-order valence-corrected chi connectivity index (χ2v) is 6.29. The highest BCUT2D eigenvalue weighted by atomic mass is 16.6. The molecule has 0 radical (unpaired) electrons. The van der Waals surface area contributed by atoms with E-state index < -0.39 is 28.8 Å². The predicted octanol–water partition coefficient (Wildman–Crippen LogP) is 2.25. The number of nitro groups is 1. The molecule has 0 saturated carbocycles. The maximum atomic E-state index is 12.7. The van der Waals surface area contributed by atoms with Crippen molar-refractivity contribution in [1.29, 1.82) is 0 Å². The highest BCUT2D eigenvalue weighted by Gasteiger charge is 2.34. The minimum Gasteiger partial charge on any atom is -0.497 e. The van der Waals surface area contributed by atoms with E-state index in [9.17, 15) is 19.7 Å². The van der Waals surface area contributed by atoms with Crippen LogP contribution >= 0.6 is 0 Å². The number of benzene rings is 1. The number of ether oxygens (including phenoxy) is 3. The van der Waals surface area contributed by atoms with Gasteiger partial charge >= 0.3 is 17.8 Å². The molecule has 1 aromatic heterocycles. The summed E-state index contributed by atoms with van der Waals surface area (Å²) >= 11 is 0. The number of rotatable bonds is 8. The molecule has 1 aliphatic heterocycles. The smallest absolute Gasteiger partial charge is 0.406 e. The van der Waals surface area contributed by atoms with Crippen molar-refractivity contribution in [3.05, 3.63) is 69.5 Å². The summed E-state index contributed by atoms with van der Waals surface area (Å²) in [6.07, 6.45) is 1.26. The number of carbonyl (C=O) groups excluding carboxylic acids is 2. The van der Waals surface area contributed by atoms with E-state index in [2.05, 4.69) is 15.6 Å². The zero-order valence-corrected chi connectivity index (χ0v) is 16.8. The predicted molar refractivity (Wildman–Crippen MR) is 107 cm³/mol. The maximum absolute atomic E-state index is 12.7. The summed E-state index contributed by atoms with van der Waals surface area (Å²) in [5.74, 6) is -0.627. The molecular formula is C20H20N4O7. The van der Waals surface area contributed by atoms with Gasteiger partial charge in [0.1, 0.15) is 18.6 Å². The minimum atomic E-state index is -0.818. The van der Waals surface area contributed by atoms with Crippen LogP contribution in [-0.2, 0) is 9.53 Å². The zero-order chi connectivity index (χ0) is 22.4. The summed E-state index contributed by atoms with van der Waals surface area (Å²) in [4.78, 5) is 39.2. The summed E-state index contributed by atoms with van der Waals surface area (Å²) in [5, 5.41) is 16.4. The number of nitrogens with one attached hydrogen (secondary N) is 2. The van der Waals surface area contributed by atoms with Gasteiger partial charge in [0.05, 0.1) is 31.0 Å². The Morgan fingerprint density at radius 1 is 1.26 bits per heavy atom. The zero-order valence-electron chi connectivity index (χ0n) is 16.8. The van der Waals surface area contributed by atoms with Crippen molar-refractivity contribution in [2.24, 2.45) is 0 Å². The number of methoxy groups -OCH3 is 1. The summed E-state index contributed by atoms with van der Waals surface area (Å²) < 4.78 is 15.8. The lowest BCUT2D eigenvalue weighted by atomic mass is 9.95. The third-order valence-corrected chi connectivity index (χ3v) is 4.39. The Hall–Kier alpha value is -4.15. The normalized spacial score (nSPS) is 15.5. The minimum absolute atomic E-state index is 0.100. The first-order valence-electron chi connectivity index (χ1n) is 9.28. The summed E-state index contributed by atoms with van der Waals surface area (Å²) in [7, 11) is 1.53. The number of amides is 2. The Morgan fingerprint density at radius 3 is 2.65 bits per heavy atom. The average molecular weight is 428 g/mol. The summed E-state index contributed by atoms with van der Waals surface area (Å²) in [6, 6.07) is 8.28. The van der Waals surface area contributed by atoms with Crippen molar-refractivity contribution in [3.63, 3.8) is 0 Å². The van der Waals surface area contributed by atoms with Gasteiger partial charge in [0, 0.05) is 0 Å². The van der Waals surface area contributed by atoms with Crippen LogP contribution < -0.4 is 20.1 Å². The lowest BCUT2D eigenvalue weighted by Crippen LogP contribution is -2.47. The Balaban J connectivity index is 1.98. The van der Waals surface area contributed by atoms with Gasteiger partial charge in [-0.15, -0.1) is 0 Å². The fourth-order valence-electron chi connectivity index (χ4n) is 3.01. The van der Waals surface area contributed by atoms with E-state index in [1.807, 2.05) is 0 Å². The second kappa shape index (κ2) is 9.57. The van der Waals surface area contributed by atoms with Gasteiger partial charge in [-0.05, 0) is 46.7 Å². The number of nitrogens with zero attached hydrogens (tertiary/aromatic N) is 2. The van der Waals surface area contributed by atoms with Crippen molar-refractivity contribution in [2.75, 3.05) is 20.3 Å². The average Bonchev–Trinajstić information content (AvgIpc) is 2.77. The molecule has 2 aromatic rings. The van der Waals surface area contributed by atoms with Crippen molar-refractivity contribution in [3.8, 4) is 11.5 Å². The molecule has 2 amide bonds. The molecule has 0 spiro atoms. The molecule has 11 heteroatoms. The third-order valence-electron chi connectivity index (χ3n) is 4.39. The van der Waals surface area contributed by atoms with Crippen molar-refractivity contribution in [1.82, 2.24) is 15.6 Å². The van der Waals surface area contributed by atoms with Crippen molar-refractivity contribution in [2.45, 2.75) is 13.0 Å². The van der Waals surface area contributed by atoms with E-state index in [0.717, 1.165) is 0 Å². The van der Waals surface area contributed by atoms with Crippen LogP contribution in [0.5, 0.6) is 11.5 Å². The molecule has 1 atom stereocenters. The molecule has 1 aliphatic rings. The Kier molecular flexibility index (Phi) is 6.65. The molecule has 0 unspecified atom stereocenters. The number of pyridine rings is 1. The molecule has 3 rings (SSSR count). The third kappa shape index (κ3) is 4.89. The fraction of sp³-hybridized carbons (Fsp3) is 0.250. The van der Waals surface area contributed by atoms with Crippen LogP contribution in [-0.4, -0.2) is 42.2 Å². The van der Waals surface area contributed by atoms with E-state index in [1.165, 1.54) is 25.4 Å². The highest BCUT2D eigenvalue weighted by Crippen LogP contribution is 2.30. The topological polar surface area (TPSA) is 142 Å². The Labute approximate surface area is 177 Å². The monoisotopic (exact) mass is 428 g/mol. The SMILES string of the molecule is CCOC(=O)C1=C(COc2cccnc2[N+](=O)[O-])NC(=O)N[C@H]1c1ccc(OC)cc1. The number of urea groups is 1. The van der Waals surface area contributed by atoms with E-state index >= 15 is 0 Å². The maximum Gasteiger partial charge on any atom is 0.406 e. The van der Waals surface area contributed by atoms with Gasteiger partial charge in [-0.2, -0.15) is 0 Å². The fourth-order valence-corrected chi connectivity index (χ4v) is 3.01. The first kappa shape index (κ1) is 21.6. The lowest BCUT2D eigenvalue weighted by Gasteiger charge is -2.29. The summed E-state index contributed by atoms with van der Waals surface area (Å²) in [6.45, 7) is 1.46. The van der Waals surface area contributed by atoms with E-state index in [4.69, 9.17) is 14.2 Å². The van der Waals surface area contributed by atoms with Crippen molar-refractivity contribution < 1.29 is 28.7 Å². The van der Waals surface area contributed by atoms with E-state index in [0.29, 0.717) is 11.3 Å². The van der Waals surface area contributed by atoms with Gasteiger partial charge in [-0.1, -0.05) is 12.1 Å². The van der Waals surface area contributed by atoms with E-state index in [1.54, 1.807) is 31.2 Å². The highest BCUT2D eigenvalue weighted by molar-refractivity contribution is 5.95. The Morgan fingerprint density at radius 2 is 2.00 bits per heavy atom. The molecule has 162 valence electrons. The van der Waals surface area contributed by atoms with Gasteiger partial charge < -0.3 is 35.0 Å². The number of carbonyl (C=O) groups is 2. The molecule has 0 saturated heterocycles. The van der Waals surface area contributed by atoms with Gasteiger partial charge in [-0.25, -0.2) is 9.59 Å². The standard InChI is InChI=1S/C20H20N4O7/c1-3-30-19(25)16-14(11-31-15-5-4-10-21-18(15)24(27)28)22-20(26)23-17(16)12-6-8-13(29-2)9-7-12/h4-10,17H,3,11H2,1-2H3,(H2,22,23,26)/t17-/m0/s1. The molecule has 11 nitrogen and oxygen atoms in total. The molecule has 2 N–H and O–H groups in total. The molecule has 0 fully saturated rings. The first-order valence-corrected chi connectivity index (χ1v) is 9.28. The van der Waals surface area contributed by atoms with Crippen molar-refractivity contribution >= 4 is 17.8 Å². The van der Waals surface area contributed by atoms with Crippen LogP contribution in [0, 0.1) is 10.1 Å². The van der Waals surface area contributed by atoms with E-state index in [-0.39, 0.29) is 30.2 Å². The Bertz CT molecular complexity index is 1020. The first-order chi connectivity index (χ1) is 14.9. The number of esters is 1. The van der Waals surface area contributed by atoms with Crippen LogP contribution in [0.3, 0.4) is 0 Å². The number of hydrogen-bond acceptors (Lipinski definition) is 8. The molecule has 1 aromatic carbocycles. The molecule has 2 heterocycles. The molecule has 0 aliphatic carbocycles. The molecular weight excluding hydrogens is 408 g/mol. The quantitative estimate of drug-likeness (QED) is 0.370. The number of aromatic nitrogens is 1.